The number of fused-ring (bicyclic) bond motifs is 1. The predicted octanol–water partition coefficient (Wildman–Crippen LogP) is 4.95. The number of methoxy groups -OCH3 is 1. The van der Waals surface area contributed by atoms with Crippen LogP contribution in [-0.4, -0.2) is 53.5 Å². The second kappa shape index (κ2) is 10.1. The van der Waals surface area contributed by atoms with E-state index in [-0.39, 0.29) is 29.1 Å². The first-order chi connectivity index (χ1) is 17.0. The quantitative estimate of drug-likeness (QED) is 0.412. The normalized spacial score (nSPS) is 16.6. The number of rotatable bonds is 7. The summed E-state index contributed by atoms with van der Waals surface area (Å²) in [7, 11) is 1.45. The molecule has 0 unspecified atom stereocenters. The van der Waals surface area contributed by atoms with E-state index in [1.54, 1.807) is 18.2 Å². The largest absolute Gasteiger partial charge is 0.493 e. The van der Waals surface area contributed by atoms with Crippen LogP contribution in [0, 0.1) is 19.3 Å². The van der Waals surface area contributed by atoms with Crippen molar-refractivity contribution in [2.24, 2.45) is 10.1 Å². The molecule has 0 bridgehead atoms. The number of nitrogens with one attached hydrogen (secondary N) is 1. The number of ether oxygens (including phenoxy) is 3. The van der Waals surface area contributed by atoms with Gasteiger partial charge in [0.05, 0.1) is 12.7 Å². The van der Waals surface area contributed by atoms with Gasteiger partial charge in [-0.25, -0.2) is 0 Å². The Labute approximate surface area is 208 Å². The zero-order valence-electron chi connectivity index (χ0n) is 19.5. The smallest absolute Gasteiger partial charge is 0.441 e. The maximum absolute atomic E-state index is 13.0. The van der Waals surface area contributed by atoms with Gasteiger partial charge in [-0.15, -0.1) is 0 Å². The zero-order chi connectivity index (χ0) is 26.0. The number of aliphatic imine (C=N–C) groups is 1. The number of amides is 1. The molecule has 188 valence electrons. The van der Waals surface area contributed by atoms with E-state index in [2.05, 4.69) is 16.2 Å². The Morgan fingerprint density at radius 2 is 1.75 bits per heavy atom. The van der Waals surface area contributed by atoms with Crippen molar-refractivity contribution in [1.29, 1.82) is 5.41 Å². The minimum Gasteiger partial charge on any atom is -0.493 e. The van der Waals surface area contributed by atoms with Gasteiger partial charge in [-0.05, 0) is 72.6 Å². The predicted molar refractivity (Wildman–Crippen MR) is 131 cm³/mol. The van der Waals surface area contributed by atoms with E-state index in [1.807, 2.05) is 26.0 Å². The summed E-state index contributed by atoms with van der Waals surface area (Å²) < 4.78 is 55.8. The molecule has 0 fully saturated rings. The van der Waals surface area contributed by atoms with Crippen molar-refractivity contribution in [3.05, 3.63) is 58.7 Å². The minimum absolute atomic E-state index is 0.200. The second-order valence-electron chi connectivity index (χ2n) is 7.85. The number of benzene rings is 2. The third kappa shape index (κ3) is 5.54. The molecule has 0 aromatic heterocycles. The van der Waals surface area contributed by atoms with Gasteiger partial charge in [0.1, 0.15) is 19.0 Å². The van der Waals surface area contributed by atoms with Gasteiger partial charge in [0, 0.05) is 0 Å². The maximum Gasteiger partial charge on any atom is 0.441 e. The Hall–Kier alpha value is -3.80. The van der Waals surface area contributed by atoms with Crippen LogP contribution in [0.5, 0.6) is 17.2 Å². The molecule has 36 heavy (non-hydrogen) atoms. The zero-order valence-corrected chi connectivity index (χ0v) is 20.3. The third-order valence-electron chi connectivity index (χ3n) is 5.00. The van der Waals surface area contributed by atoms with Gasteiger partial charge >= 0.3 is 6.18 Å². The lowest BCUT2D eigenvalue weighted by atomic mass is 10.1. The van der Waals surface area contributed by atoms with Crippen molar-refractivity contribution in [2.45, 2.75) is 20.0 Å². The van der Waals surface area contributed by atoms with Crippen LogP contribution >= 0.6 is 11.8 Å². The van der Waals surface area contributed by atoms with E-state index < -0.39 is 23.0 Å². The highest BCUT2D eigenvalue weighted by Crippen LogP contribution is 2.36. The number of carbonyl (C=O) groups excluding carboxylic acids is 1. The van der Waals surface area contributed by atoms with E-state index >= 15 is 0 Å². The lowest BCUT2D eigenvalue weighted by molar-refractivity contribution is -0.114. The molecule has 2 aliphatic heterocycles. The number of thioether (sulfide) groups is 1. The molecule has 0 saturated heterocycles. The van der Waals surface area contributed by atoms with Crippen LogP contribution in [-0.2, 0) is 4.79 Å². The highest BCUT2D eigenvalue weighted by Gasteiger charge is 2.46. The highest BCUT2D eigenvalue weighted by molar-refractivity contribution is 8.27. The van der Waals surface area contributed by atoms with E-state index in [9.17, 15) is 18.0 Å². The number of hydrazone groups is 1. The van der Waals surface area contributed by atoms with Gasteiger partial charge in [0.25, 0.3) is 5.91 Å². The number of hydrogen-bond donors (Lipinski definition) is 1. The van der Waals surface area contributed by atoms with Crippen LogP contribution in [0.4, 0.5) is 13.2 Å². The topological polar surface area (TPSA) is 96.6 Å². The van der Waals surface area contributed by atoms with Gasteiger partial charge < -0.3 is 14.2 Å². The average Bonchev–Trinajstić information content (AvgIpc) is 3.24. The van der Waals surface area contributed by atoms with Crippen LogP contribution in [0.3, 0.4) is 0 Å². The summed E-state index contributed by atoms with van der Waals surface area (Å²) >= 11 is 0.200. The Balaban J connectivity index is 1.45. The molecule has 0 radical (unpaired) electrons. The molecule has 12 heteroatoms. The van der Waals surface area contributed by atoms with E-state index in [0.29, 0.717) is 28.7 Å². The van der Waals surface area contributed by atoms with Crippen molar-refractivity contribution in [2.75, 3.05) is 20.3 Å². The number of carbonyl (C=O) groups is 1. The Bertz CT molecular complexity index is 1300. The molecule has 2 heterocycles. The standard InChI is InChI=1S/C24H21F3N4O4S/c1-13-8-14(2)10-16(9-13)34-6-7-35-18-5-4-15(12-19(18)33-3)11-17-20(28)31-23(29-21(17)32)36-22(30-31)24(25,26)27/h4-5,8-12,28H,6-7H2,1-3H3. The van der Waals surface area contributed by atoms with Crippen molar-refractivity contribution in [3.8, 4) is 17.2 Å². The van der Waals surface area contributed by atoms with Crippen molar-refractivity contribution < 1.29 is 32.2 Å². The van der Waals surface area contributed by atoms with Crippen molar-refractivity contribution >= 4 is 39.8 Å². The minimum atomic E-state index is -4.70. The summed E-state index contributed by atoms with van der Waals surface area (Å²) in [5.41, 5.74) is 2.45. The summed E-state index contributed by atoms with van der Waals surface area (Å²) in [6, 6.07) is 10.7. The molecular weight excluding hydrogens is 497 g/mol. The molecule has 2 aromatic carbocycles. The lowest BCUT2D eigenvalue weighted by Crippen LogP contribution is -2.35. The first-order valence-electron chi connectivity index (χ1n) is 10.6. The van der Waals surface area contributed by atoms with Gasteiger partial charge in [-0.1, -0.05) is 12.1 Å². The monoisotopic (exact) mass is 518 g/mol. The lowest BCUT2D eigenvalue weighted by Gasteiger charge is -2.20. The molecule has 4 rings (SSSR count). The fraction of sp³-hybridized carbons (Fsp3) is 0.250. The molecule has 0 aliphatic carbocycles. The Morgan fingerprint density at radius 3 is 2.42 bits per heavy atom. The summed E-state index contributed by atoms with van der Waals surface area (Å²) in [6.45, 7) is 4.53. The van der Waals surface area contributed by atoms with E-state index in [1.165, 1.54) is 13.2 Å². The van der Waals surface area contributed by atoms with Crippen LogP contribution in [0.15, 0.2) is 52.1 Å². The van der Waals surface area contributed by atoms with Crippen LogP contribution in [0.1, 0.15) is 16.7 Å². The number of alkyl halides is 3. The second-order valence-corrected chi connectivity index (χ2v) is 8.81. The SMILES string of the molecule is COc1cc(C=C2C(=N)N3N=C(C(F)(F)F)SC3=NC2=O)ccc1OCCOc1cc(C)cc(C)c1. The van der Waals surface area contributed by atoms with Gasteiger partial charge in [-0.2, -0.15) is 28.3 Å². The third-order valence-corrected chi connectivity index (χ3v) is 5.95. The molecule has 0 atom stereocenters. The molecular formula is C24H21F3N4O4S. The molecule has 0 spiro atoms. The molecule has 0 saturated carbocycles. The Kier molecular flexibility index (Phi) is 7.07. The number of nitrogens with zero attached hydrogens (tertiary/aromatic N) is 3. The highest BCUT2D eigenvalue weighted by atomic mass is 32.2. The van der Waals surface area contributed by atoms with Crippen molar-refractivity contribution in [3.63, 3.8) is 0 Å². The van der Waals surface area contributed by atoms with Crippen molar-refractivity contribution in [1.82, 2.24) is 5.01 Å². The van der Waals surface area contributed by atoms with Gasteiger partial charge in [0.2, 0.25) is 10.2 Å². The summed E-state index contributed by atoms with van der Waals surface area (Å²) in [5.74, 6) is 0.214. The van der Waals surface area contributed by atoms with Crippen LogP contribution in [0.25, 0.3) is 6.08 Å². The molecule has 2 aliphatic rings. The first-order valence-corrected chi connectivity index (χ1v) is 11.5. The maximum atomic E-state index is 13.0. The molecule has 8 nitrogen and oxygen atoms in total. The molecule has 2 aromatic rings. The number of aryl methyl sites for hydroxylation is 2. The van der Waals surface area contributed by atoms with Gasteiger partial charge in [-0.3, -0.25) is 10.2 Å². The van der Waals surface area contributed by atoms with Gasteiger partial charge in [0.15, 0.2) is 17.3 Å². The number of halogens is 3. The first kappa shape index (κ1) is 25.3. The summed E-state index contributed by atoms with van der Waals surface area (Å²) in [4.78, 5) is 16.1. The number of hydrogen-bond acceptors (Lipinski definition) is 7. The van der Waals surface area contributed by atoms with E-state index in [0.717, 1.165) is 16.9 Å². The summed E-state index contributed by atoms with van der Waals surface area (Å²) in [6.07, 6.45) is -3.36. The van der Waals surface area contributed by atoms with E-state index in [4.69, 9.17) is 19.6 Å². The average molecular weight is 519 g/mol. The summed E-state index contributed by atoms with van der Waals surface area (Å²) in [5, 5.41) is 10.8. The van der Waals surface area contributed by atoms with Crippen LogP contribution in [0.2, 0.25) is 0 Å². The Morgan fingerprint density at radius 1 is 1.06 bits per heavy atom. The number of amidine groups is 2. The fourth-order valence-corrected chi connectivity index (χ4v) is 4.25. The molecule has 1 N–H and O–H groups in total. The fourth-order valence-electron chi connectivity index (χ4n) is 3.49. The van der Waals surface area contributed by atoms with Crippen LogP contribution < -0.4 is 14.2 Å². The molecule has 1 amide bonds.